The van der Waals surface area contributed by atoms with Crippen molar-refractivity contribution in [1.29, 1.82) is 0 Å². The molecular weight excluding hydrogens is 290 g/mol. The van der Waals surface area contributed by atoms with Gasteiger partial charge in [-0.3, -0.25) is 4.79 Å². The highest BCUT2D eigenvalue weighted by atomic mass is 32.2. The second-order valence-electron chi connectivity index (χ2n) is 5.68. The molecule has 0 saturated carbocycles. The molecule has 0 aliphatic heterocycles. The zero-order chi connectivity index (χ0) is 16.4. The fourth-order valence-electron chi connectivity index (χ4n) is 2.33. The summed E-state index contributed by atoms with van der Waals surface area (Å²) in [6, 6.07) is 3.61. The zero-order valence-electron chi connectivity index (χ0n) is 13.4. The third-order valence-electron chi connectivity index (χ3n) is 3.05. The Morgan fingerprint density at radius 1 is 1.19 bits per heavy atom. The molecule has 1 aromatic carbocycles. The average molecular weight is 313 g/mol. The normalized spacial score (nSPS) is 12.3. The second-order valence-corrected chi connectivity index (χ2v) is 7.30. The number of nitrogens with one attached hydrogen (secondary N) is 1. The van der Waals surface area contributed by atoms with Crippen LogP contribution in [0.4, 0.5) is 0 Å². The molecule has 0 aliphatic rings. The lowest BCUT2D eigenvalue weighted by atomic mass is 10.1. The van der Waals surface area contributed by atoms with Crippen LogP contribution in [0.15, 0.2) is 17.0 Å². The van der Waals surface area contributed by atoms with Gasteiger partial charge in [0.2, 0.25) is 10.0 Å². The Hall–Kier alpha value is -1.40. The van der Waals surface area contributed by atoms with Crippen LogP contribution in [0.5, 0.6) is 0 Å². The Kier molecular flexibility index (Phi) is 5.17. The smallest absolute Gasteiger partial charge is 0.326 e. The predicted molar refractivity (Wildman–Crippen MR) is 81.7 cm³/mol. The topological polar surface area (TPSA) is 72.5 Å². The van der Waals surface area contributed by atoms with Crippen molar-refractivity contribution in [3.63, 3.8) is 0 Å². The van der Waals surface area contributed by atoms with Gasteiger partial charge < -0.3 is 4.74 Å². The minimum atomic E-state index is -3.81. The summed E-state index contributed by atoms with van der Waals surface area (Å²) < 4.78 is 32.5. The van der Waals surface area contributed by atoms with Crippen molar-refractivity contribution in [1.82, 2.24) is 4.72 Å². The maximum Gasteiger partial charge on any atom is 0.326 e. The summed E-state index contributed by atoms with van der Waals surface area (Å²) in [6.45, 7) is 10.2. The van der Waals surface area contributed by atoms with E-state index in [1.165, 1.54) is 13.8 Å². The SMILES string of the molecule is CCOC(=O)C(C)(C)NS(=O)(=O)c1c(C)cc(C)cc1C. The Labute approximate surface area is 126 Å². The summed E-state index contributed by atoms with van der Waals surface area (Å²) in [5.74, 6) is -0.601. The summed E-state index contributed by atoms with van der Waals surface area (Å²) >= 11 is 0. The predicted octanol–water partition coefficient (Wildman–Crippen LogP) is 2.23. The molecule has 1 N–H and O–H groups in total. The first kappa shape index (κ1) is 17.7. The summed E-state index contributed by atoms with van der Waals surface area (Å²) in [5, 5.41) is 0. The number of hydrogen-bond acceptors (Lipinski definition) is 4. The molecule has 1 rings (SSSR count). The number of aryl methyl sites for hydroxylation is 3. The molecule has 118 valence electrons. The number of ether oxygens (including phenoxy) is 1. The summed E-state index contributed by atoms with van der Waals surface area (Å²) in [7, 11) is -3.81. The standard InChI is InChI=1S/C15H23NO4S/c1-7-20-14(17)15(5,6)16-21(18,19)13-11(3)8-10(2)9-12(13)4/h8-9,16H,7H2,1-6H3. The lowest BCUT2D eigenvalue weighted by Gasteiger charge is -2.24. The lowest BCUT2D eigenvalue weighted by Crippen LogP contribution is -2.50. The van der Waals surface area contributed by atoms with Crippen LogP contribution in [-0.4, -0.2) is 26.5 Å². The van der Waals surface area contributed by atoms with E-state index in [-0.39, 0.29) is 11.5 Å². The highest BCUT2D eigenvalue weighted by Gasteiger charge is 2.35. The van der Waals surface area contributed by atoms with E-state index in [1.807, 2.05) is 6.92 Å². The number of sulfonamides is 1. The maximum absolute atomic E-state index is 12.6. The van der Waals surface area contributed by atoms with Gasteiger partial charge in [0, 0.05) is 0 Å². The minimum absolute atomic E-state index is 0.201. The van der Waals surface area contributed by atoms with Gasteiger partial charge in [-0.15, -0.1) is 0 Å². The van der Waals surface area contributed by atoms with Crippen molar-refractivity contribution in [3.8, 4) is 0 Å². The van der Waals surface area contributed by atoms with Gasteiger partial charge in [0.05, 0.1) is 11.5 Å². The number of hydrogen-bond donors (Lipinski definition) is 1. The van der Waals surface area contributed by atoms with E-state index in [2.05, 4.69) is 4.72 Å². The summed E-state index contributed by atoms with van der Waals surface area (Å²) in [6.07, 6.45) is 0. The number of rotatable bonds is 5. The molecule has 0 atom stereocenters. The molecule has 0 unspecified atom stereocenters. The first-order chi connectivity index (χ1) is 9.51. The monoisotopic (exact) mass is 313 g/mol. The first-order valence-electron chi connectivity index (χ1n) is 6.80. The van der Waals surface area contributed by atoms with Crippen LogP contribution >= 0.6 is 0 Å². The lowest BCUT2D eigenvalue weighted by molar-refractivity contribution is -0.148. The molecule has 0 fully saturated rings. The third-order valence-corrected chi connectivity index (χ3v) is 5.01. The van der Waals surface area contributed by atoms with E-state index in [0.717, 1.165) is 5.56 Å². The highest BCUT2D eigenvalue weighted by Crippen LogP contribution is 2.23. The van der Waals surface area contributed by atoms with E-state index in [0.29, 0.717) is 11.1 Å². The highest BCUT2D eigenvalue weighted by molar-refractivity contribution is 7.89. The van der Waals surface area contributed by atoms with Gasteiger partial charge in [-0.1, -0.05) is 17.7 Å². The van der Waals surface area contributed by atoms with Gasteiger partial charge in [0.15, 0.2) is 0 Å². The Morgan fingerprint density at radius 2 is 1.67 bits per heavy atom. The molecule has 6 heteroatoms. The van der Waals surface area contributed by atoms with Gasteiger partial charge in [-0.25, -0.2) is 8.42 Å². The van der Waals surface area contributed by atoms with Gasteiger partial charge in [0.1, 0.15) is 5.54 Å². The van der Waals surface area contributed by atoms with Crippen molar-refractivity contribution >= 4 is 16.0 Å². The minimum Gasteiger partial charge on any atom is -0.465 e. The third kappa shape index (κ3) is 4.04. The molecule has 0 bridgehead atoms. The van der Waals surface area contributed by atoms with Gasteiger partial charge in [-0.05, 0) is 52.7 Å². The second kappa shape index (κ2) is 6.15. The fourth-order valence-corrected chi connectivity index (χ4v) is 4.15. The molecule has 0 radical (unpaired) electrons. The molecule has 0 heterocycles. The Balaban J connectivity index is 3.22. The van der Waals surface area contributed by atoms with Crippen molar-refractivity contribution < 1.29 is 17.9 Å². The summed E-state index contributed by atoms with van der Waals surface area (Å²) in [4.78, 5) is 12.1. The van der Waals surface area contributed by atoms with Crippen molar-refractivity contribution in [2.45, 2.75) is 52.0 Å². The van der Waals surface area contributed by atoms with Crippen LogP contribution in [0.2, 0.25) is 0 Å². The fraction of sp³-hybridized carbons (Fsp3) is 0.533. The molecule has 0 saturated heterocycles. The molecule has 0 aromatic heterocycles. The van der Waals surface area contributed by atoms with Gasteiger partial charge >= 0.3 is 5.97 Å². The van der Waals surface area contributed by atoms with Crippen molar-refractivity contribution in [2.24, 2.45) is 0 Å². The largest absolute Gasteiger partial charge is 0.465 e. The molecule has 5 nitrogen and oxygen atoms in total. The quantitative estimate of drug-likeness (QED) is 0.846. The molecule has 1 aromatic rings. The first-order valence-corrected chi connectivity index (χ1v) is 8.28. The molecule has 0 aliphatic carbocycles. The Bertz CT molecular complexity index is 625. The summed E-state index contributed by atoms with van der Waals surface area (Å²) in [5.41, 5.74) is 0.978. The zero-order valence-corrected chi connectivity index (χ0v) is 14.2. The molecule has 0 amide bonds. The van der Waals surface area contributed by atoms with Crippen LogP contribution < -0.4 is 4.72 Å². The van der Waals surface area contributed by atoms with Crippen LogP contribution in [0, 0.1) is 20.8 Å². The van der Waals surface area contributed by atoms with Crippen LogP contribution in [0.3, 0.4) is 0 Å². The van der Waals surface area contributed by atoms with E-state index in [4.69, 9.17) is 4.74 Å². The maximum atomic E-state index is 12.6. The van der Waals surface area contributed by atoms with E-state index >= 15 is 0 Å². The van der Waals surface area contributed by atoms with Crippen molar-refractivity contribution in [3.05, 3.63) is 28.8 Å². The molecule has 0 spiro atoms. The van der Waals surface area contributed by atoms with E-state index < -0.39 is 21.5 Å². The molecule has 21 heavy (non-hydrogen) atoms. The Morgan fingerprint density at radius 3 is 2.10 bits per heavy atom. The van der Waals surface area contributed by atoms with Gasteiger partial charge in [0.25, 0.3) is 0 Å². The number of esters is 1. The van der Waals surface area contributed by atoms with Crippen molar-refractivity contribution in [2.75, 3.05) is 6.61 Å². The number of carbonyl (C=O) groups is 1. The van der Waals surface area contributed by atoms with E-state index in [1.54, 1.807) is 32.9 Å². The molecular formula is C15H23NO4S. The van der Waals surface area contributed by atoms with Crippen LogP contribution in [0.25, 0.3) is 0 Å². The average Bonchev–Trinajstić information content (AvgIpc) is 2.25. The number of carbonyl (C=O) groups excluding carboxylic acids is 1. The number of benzene rings is 1. The van der Waals surface area contributed by atoms with Crippen LogP contribution in [-0.2, 0) is 19.6 Å². The van der Waals surface area contributed by atoms with E-state index in [9.17, 15) is 13.2 Å². The van der Waals surface area contributed by atoms with Gasteiger partial charge in [-0.2, -0.15) is 4.72 Å². The van der Waals surface area contributed by atoms with Crippen LogP contribution in [0.1, 0.15) is 37.5 Å².